The van der Waals surface area contributed by atoms with Gasteiger partial charge in [-0.15, -0.1) is 0 Å². The van der Waals surface area contributed by atoms with Gasteiger partial charge in [0.2, 0.25) is 0 Å². The quantitative estimate of drug-likeness (QED) is 0.580. The first-order valence-electron chi connectivity index (χ1n) is 5.54. The molecule has 0 amide bonds. The summed E-state index contributed by atoms with van der Waals surface area (Å²) in [5, 5.41) is 0. The minimum absolute atomic E-state index is 0.457. The summed E-state index contributed by atoms with van der Waals surface area (Å²) in [5.41, 5.74) is 2.60. The van der Waals surface area contributed by atoms with Crippen molar-refractivity contribution in [2.24, 2.45) is 0 Å². The molecule has 0 atom stereocenters. The van der Waals surface area contributed by atoms with Crippen molar-refractivity contribution in [1.29, 1.82) is 0 Å². The Kier molecular flexibility index (Phi) is 2.58. The lowest BCUT2D eigenvalue weighted by Crippen LogP contribution is -2.08. The average molecular weight is 221 g/mol. The zero-order chi connectivity index (χ0) is 11.9. The topological polar surface area (TPSA) is 48.3 Å². The fourth-order valence-corrected chi connectivity index (χ4v) is 2.22. The number of fused-ring (bicyclic) bond motifs is 1. The lowest BCUT2D eigenvalue weighted by Gasteiger charge is -2.09. The molecule has 1 aromatic rings. The van der Waals surface area contributed by atoms with Crippen molar-refractivity contribution in [2.45, 2.75) is 40.2 Å². The summed E-state index contributed by atoms with van der Waals surface area (Å²) >= 11 is 0. The van der Waals surface area contributed by atoms with E-state index in [1.165, 1.54) is 0 Å². The molecule has 4 nitrogen and oxygen atoms in total. The maximum absolute atomic E-state index is 11.5. The monoisotopic (exact) mass is 221 g/mol. The Hall–Kier alpha value is -1.58. The molecule has 16 heavy (non-hydrogen) atoms. The van der Waals surface area contributed by atoms with Crippen LogP contribution in [0.2, 0.25) is 0 Å². The lowest BCUT2D eigenvalue weighted by atomic mass is 10.1. The molecule has 2 rings (SSSR count). The molecule has 1 aliphatic rings. The van der Waals surface area contributed by atoms with Gasteiger partial charge in [0.15, 0.2) is 0 Å². The van der Waals surface area contributed by atoms with E-state index in [2.05, 4.69) is 11.7 Å². The smallest absolute Gasteiger partial charge is 0.348 e. The zero-order valence-corrected chi connectivity index (χ0v) is 9.79. The van der Waals surface area contributed by atoms with E-state index in [0.29, 0.717) is 11.1 Å². The maximum atomic E-state index is 11.5. The number of ether oxygens (including phenoxy) is 1. The van der Waals surface area contributed by atoms with E-state index in [1.807, 2.05) is 18.4 Å². The van der Waals surface area contributed by atoms with Crippen LogP contribution < -0.4 is 0 Å². The third kappa shape index (κ3) is 1.37. The molecule has 0 radical (unpaired) electrons. The van der Waals surface area contributed by atoms with Crippen LogP contribution in [0.15, 0.2) is 0 Å². The highest BCUT2D eigenvalue weighted by Gasteiger charge is 2.36. The molecule has 4 heteroatoms. The Bertz CT molecular complexity index is 434. The molecule has 1 aliphatic heterocycles. The van der Waals surface area contributed by atoms with Gasteiger partial charge in [0.1, 0.15) is 0 Å². The number of carbonyl (C=O) groups is 2. The summed E-state index contributed by atoms with van der Waals surface area (Å²) in [6.07, 6.45) is 2.12. The second-order valence-electron chi connectivity index (χ2n) is 4.10. The van der Waals surface area contributed by atoms with Crippen LogP contribution in [0.25, 0.3) is 0 Å². The number of aromatic nitrogens is 1. The number of unbranched alkanes of at least 4 members (excludes halogenated alkanes) is 1. The van der Waals surface area contributed by atoms with Crippen molar-refractivity contribution in [3.8, 4) is 0 Å². The number of rotatable bonds is 3. The van der Waals surface area contributed by atoms with Gasteiger partial charge in [-0.1, -0.05) is 13.3 Å². The molecule has 86 valence electrons. The summed E-state index contributed by atoms with van der Waals surface area (Å²) in [5.74, 6) is -1.01. The standard InChI is InChI=1S/C12H15NO3/c1-4-5-6-13-7(2)9-10(8(13)3)12(15)16-11(9)14/h4-6H2,1-3H3. The molecule has 0 bridgehead atoms. The summed E-state index contributed by atoms with van der Waals surface area (Å²) < 4.78 is 6.64. The van der Waals surface area contributed by atoms with Gasteiger partial charge in [0.25, 0.3) is 0 Å². The van der Waals surface area contributed by atoms with Gasteiger partial charge in [-0.25, -0.2) is 9.59 Å². The molecular weight excluding hydrogens is 206 g/mol. The van der Waals surface area contributed by atoms with Crippen molar-refractivity contribution in [1.82, 2.24) is 4.57 Å². The van der Waals surface area contributed by atoms with E-state index in [1.54, 1.807) is 0 Å². The number of hydrogen-bond donors (Lipinski definition) is 0. The van der Waals surface area contributed by atoms with Crippen molar-refractivity contribution in [3.63, 3.8) is 0 Å². The van der Waals surface area contributed by atoms with Crippen LogP contribution in [-0.2, 0) is 11.3 Å². The molecular formula is C12H15NO3. The first-order chi connectivity index (χ1) is 7.57. The van der Waals surface area contributed by atoms with Crippen molar-refractivity contribution < 1.29 is 14.3 Å². The van der Waals surface area contributed by atoms with E-state index < -0.39 is 11.9 Å². The molecule has 0 aliphatic carbocycles. The first-order valence-corrected chi connectivity index (χ1v) is 5.54. The Morgan fingerprint density at radius 3 is 2.00 bits per heavy atom. The van der Waals surface area contributed by atoms with Gasteiger partial charge in [-0.2, -0.15) is 0 Å². The Morgan fingerprint density at radius 2 is 1.56 bits per heavy atom. The molecule has 0 fully saturated rings. The van der Waals surface area contributed by atoms with Crippen LogP contribution >= 0.6 is 0 Å². The summed E-state index contributed by atoms with van der Waals surface area (Å²) in [6.45, 7) is 6.69. The molecule has 0 N–H and O–H groups in total. The molecule has 1 aromatic heterocycles. The molecule has 0 saturated carbocycles. The van der Waals surface area contributed by atoms with Crippen LogP contribution in [0.5, 0.6) is 0 Å². The van der Waals surface area contributed by atoms with E-state index in [0.717, 1.165) is 30.8 Å². The highest BCUT2D eigenvalue weighted by molar-refractivity contribution is 6.16. The molecule has 0 unspecified atom stereocenters. The second-order valence-corrected chi connectivity index (χ2v) is 4.10. The zero-order valence-electron chi connectivity index (χ0n) is 9.79. The number of cyclic esters (lactones) is 2. The predicted molar refractivity (Wildman–Crippen MR) is 58.6 cm³/mol. The van der Waals surface area contributed by atoms with Gasteiger partial charge in [-0.3, -0.25) is 0 Å². The molecule has 0 aromatic carbocycles. The van der Waals surface area contributed by atoms with Gasteiger partial charge in [0.05, 0.1) is 11.1 Å². The molecule has 0 spiro atoms. The van der Waals surface area contributed by atoms with E-state index in [9.17, 15) is 9.59 Å². The predicted octanol–water partition coefficient (Wildman–Crippen LogP) is 2.22. The summed E-state index contributed by atoms with van der Waals surface area (Å²) in [4.78, 5) is 23.0. The Balaban J connectivity index is 2.51. The SMILES string of the molecule is CCCCn1c(C)c2c(c1C)C(=O)OC2=O. The van der Waals surface area contributed by atoms with Crippen LogP contribution in [0.1, 0.15) is 51.9 Å². The minimum atomic E-state index is -0.504. The van der Waals surface area contributed by atoms with E-state index in [-0.39, 0.29) is 0 Å². The van der Waals surface area contributed by atoms with Crippen molar-refractivity contribution >= 4 is 11.9 Å². The van der Waals surface area contributed by atoms with Crippen LogP contribution in [0, 0.1) is 13.8 Å². The Morgan fingerprint density at radius 1 is 1.06 bits per heavy atom. The van der Waals surface area contributed by atoms with Gasteiger partial charge < -0.3 is 9.30 Å². The largest absolute Gasteiger partial charge is 0.386 e. The third-order valence-electron chi connectivity index (χ3n) is 3.11. The van der Waals surface area contributed by atoms with Crippen molar-refractivity contribution in [3.05, 3.63) is 22.5 Å². The number of hydrogen-bond acceptors (Lipinski definition) is 3. The summed E-state index contributed by atoms with van der Waals surface area (Å²) in [6, 6.07) is 0. The van der Waals surface area contributed by atoms with Gasteiger partial charge >= 0.3 is 11.9 Å². The number of nitrogens with zero attached hydrogens (tertiary/aromatic N) is 1. The first kappa shape index (κ1) is 10.9. The van der Waals surface area contributed by atoms with Gasteiger partial charge in [0, 0.05) is 17.9 Å². The number of esters is 2. The van der Waals surface area contributed by atoms with E-state index in [4.69, 9.17) is 0 Å². The van der Waals surface area contributed by atoms with Crippen LogP contribution in [0.4, 0.5) is 0 Å². The fraction of sp³-hybridized carbons (Fsp3) is 0.500. The minimum Gasteiger partial charge on any atom is -0.386 e. The fourth-order valence-electron chi connectivity index (χ4n) is 2.22. The molecule has 2 heterocycles. The van der Waals surface area contributed by atoms with Gasteiger partial charge in [-0.05, 0) is 20.3 Å². The second kappa shape index (κ2) is 3.77. The molecule has 0 saturated heterocycles. The maximum Gasteiger partial charge on any atom is 0.348 e. The Labute approximate surface area is 94.2 Å². The van der Waals surface area contributed by atoms with Crippen molar-refractivity contribution in [2.75, 3.05) is 0 Å². The highest BCUT2D eigenvalue weighted by atomic mass is 16.6. The van der Waals surface area contributed by atoms with Crippen LogP contribution in [-0.4, -0.2) is 16.5 Å². The number of carbonyl (C=O) groups excluding carboxylic acids is 2. The van der Waals surface area contributed by atoms with Crippen LogP contribution in [0.3, 0.4) is 0 Å². The normalized spacial score (nSPS) is 14.2. The lowest BCUT2D eigenvalue weighted by molar-refractivity contribution is 0.0441. The average Bonchev–Trinajstić information content (AvgIpc) is 2.65. The highest BCUT2D eigenvalue weighted by Crippen LogP contribution is 2.29. The summed E-state index contributed by atoms with van der Waals surface area (Å²) in [7, 11) is 0. The third-order valence-corrected chi connectivity index (χ3v) is 3.11. The van der Waals surface area contributed by atoms with E-state index >= 15 is 0 Å².